The fraction of sp³-hybridized carbons (Fsp3) is 0.462. The van der Waals surface area contributed by atoms with E-state index < -0.39 is 11.9 Å². The number of ether oxygens (including phenoxy) is 2. The predicted octanol–water partition coefficient (Wildman–Crippen LogP) is 1.20. The zero-order valence-electron chi connectivity index (χ0n) is 10.5. The van der Waals surface area contributed by atoms with Crippen molar-refractivity contribution in [2.75, 3.05) is 19.8 Å². The molecule has 1 aliphatic rings. The van der Waals surface area contributed by atoms with E-state index in [1.165, 1.54) is 0 Å². The lowest BCUT2D eigenvalue weighted by molar-refractivity contribution is -0.138. The number of rotatable bonds is 3. The molecule has 3 N–H and O–H groups in total. The van der Waals surface area contributed by atoms with Crippen LogP contribution >= 0.6 is 0 Å². The van der Waals surface area contributed by atoms with Gasteiger partial charge in [0.15, 0.2) is 11.5 Å². The average Bonchev–Trinajstić information content (AvgIpc) is 2.36. The Balaban J connectivity index is 2.60. The number of carboxylic acids is 1. The van der Waals surface area contributed by atoms with Gasteiger partial charge < -0.3 is 20.3 Å². The van der Waals surface area contributed by atoms with Crippen molar-refractivity contribution in [3.63, 3.8) is 0 Å². The van der Waals surface area contributed by atoms with Gasteiger partial charge in [-0.25, -0.2) is 0 Å². The van der Waals surface area contributed by atoms with E-state index in [1.54, 1.807) is 0 Å². The second kappa shape index (κ2) is 4.86. The molecule has 0 saturated heterocycles. The highest BCUT2D eigenvalue weighted by Crippen LogP contribution is 2.41. The summed E-state index contributed by atoms with van der Waals surface area (Å²) >= 11 is 0. The Kier molecular flexibility index (Phi) is 3.43. The molecular weight excluding hydrogens is 234 g/mol. The largest absolute Gasteiger partial charge is 0.486 e. The van der Waals surface area contributed by atoms with Gasteiger partial charge in [-0.3, -0.25) is 4.79 Å². The van der Waals surface area contributed by atoms with Crippen molar-refractivity contribution in [3.05, 3.63) is 22.8 Å². The number of benzene rings is 1. The van der Waals surface area contributed by atoms with Crippen molar-refractivity contribution in [2.45, 2.75) is 19.8 Å². The minimum atomic E-state index is -0.947. The fourth-order valence-electron chi connectivity index (χ4n) is 2.12. The Hall–Kier alpha value is -1.75. The van der Waals surface area contributed by atoms with Crippen molar-refractivity contribution in [2.24, 2.45) is 5.73 Å². The Labute approximate surface area is 106 Å². The van der Waals surface area contributed by atoms with E-state index in [0.29, 0.717) is 30.3 Å². The molecule has 1 aromatic rings. The van der Waals surface area contributed by atoms with Gasteiger partial charge in [-0.05, 0) is 25.0 Å². The Bertz CT molecular complexity index is 484. The van der Waals surface area contributed by atoms with Gasteiger partial charge in [0.1, 0.15) is 13.2 Å². The second-order valence-corrected chi connectivity index (χ2v) is 4.39. The highest BCUT2D eigenvalue weighted by molar-refractivity contribution is 5.79. The van der Waals surface area contributed by atoms with Gasteiger partial charge in [-0.15, -0.1) is 0 Å². The van der Waals surface area contributed by atoms with Gasteiger partial charge in [0.05, 0.1) is 5.92 Å². The molecule has 18 heavy (non-hydrogen) atoms. The Morgan fingerprint density at radius 1 is 1.39 bits per heavy atom. The molecule has 0 aromatic heterocycles. The number of nitrogens with two attached hydrogens (primary N) is 1. The Morgan fingerprint density at radius 2 is 2.00 bits per heavy atom. The lowest BCUT2D eigenvalue weighted by Gasteiger charge is -2.26. The lowest BCUT2D eigenvalue weighted by atomic mass is 9.93. The SMILES string of the molecule is Cc1cc(C(CN)C(=O)O)c2c(c1C)OCCO2. The van der Waals surface area contributed by atoms with Crippen LogP contribution in [0.25, 0.3) is 0 Å². The molecule has 5 heteroatoms. The molecule has 1 atom stereocenters. The van der Waals surface area contributed by atoms with E-state index in [-0.39, 0.29) is 6.54 Å². The standard InChI is InChI=1S/C13H17NO4/c1-7-5-9(10(6-14)13(15)16)12-11(8(7)2)17-3-4-18-12/h5,10H,3-4,6,14H2,1-2H3,(H,15,16). The van der Waals surface area contributed by atoms with Crippen LogP contribution in [0.5, 0.6) is 11.5 Å². The van der Waals surface area contributed by atoms with Crippen LogP contribution in [-0.2, 0) is 4.79 Å². The molecule has 5 nitrogen and oxygen atoms in total. The first-order valence-corrected chi connectivity index (χ1v) is 5.88. The van der Waals surface area contributed by atoms with E-state index >= 15 is 0 Å². The highest BCUT2D eigenvalue weighted by atomic mass is 16.6. The predicted molar refractivity (Wildman–Crippen MR) is 66.3 cm³/mol. The van der Waals surface area contributed by atoms with E-state index in [2.05, 4.69) is 0 Å². The van der Waals surface area contributed by atoms with Crippen LogP contribution < -0.4 is 15.2 Å². The van der Waals surface area contributed by atoms with Gasteiger partial charge in [0, 0.05) is 12.1 Å². The van der Waals surface area contributed by atoms with Crippen molar-refractivity contribution < 1.29 is 19.4 Å². The summed E-state index contributed by atoms with van der Waals surface area (Å²) in [4.78, 5) is 11.2. The zero-order valence-corrected chi connectivity index (χ0v) is 10.5. The number of carbonyl (C=O) groups is 1. The minimum Gasteiger partial charge on any atom is -0.486 e. The first-order valence-electron chi connectivity index (χ1n) is 5.88. The molecular formula is C13H17NO4. The number of hydrogen-bond acceptors (Lipinski definition) is 4. The van der Waals surface area contributed by atoms with E-state index in [1.807, 2.05) is 19.9 Å². The molecule has 1 unspecified atom stereocenters. The number of aliphatic carboxylic acids is 1. The van der Waals surface area contributed by atoms with Crippen molar-refractivity contribution >= 4 is 5.97 Å². The maximum atomic E-state index is 11.2. The molecule has 1 aromatic carbocycles. The first-order chi connectivity index (χ1) is 8.56. The van der Waals surface area contributed by atoms with Crippen LogP contribution in [0.15, 0.2) is 6.07 Å². The van der Waals surface area contributed by atoms with Gasteiger partial charge in [0.25, 0.3) is 0 Å². The van der Waals surface area contributed by atoms with E-state index in [4.69, 9.17) is 15.2 Å². The third-order valence-electron chi connectivity index (χ3n) is 3.26. The summed E-state index contributed by atoms with van der Waals surface area (Å²) in [6.07, 6.45) is 0. The summed E-state index contributed by atoms with van der Waals surface area (Å²) in [6, 6.07) is 1.83. The molecule has 0 saturated carbocycles. The van der Waals surface area contributed by atoms with E-state index in [9.17, 15) is 9.90 Å². The number of fused-ring (bicyclic) bond motifs is 1. The molecule has 1 aliphatic heterocycles. The zero-order chi connectivity index (χ0) is 13.3. The lowest BCUT2D eigenvalue weighted by Crippen LogP contribution is -2.25. The molecule has 0 amide bonds. The van der Waals surface area contributed by atoms with Gasteiger partial charge >= 0.3 is 5.97 Å². The molecule has 0 bridgehead atoms. The molecule has 1 heterocycles. The third kappa shape index (κ3) is 2.01. The normalized spacial score (nSPS) is 15.3. The van der Waals surface area contributed by atoms with Crippen LogP contribution in [0, 0.1) is 13.8 Å². The molecule has 0 aliphatic carbocycles. The third-order valence-corrected chi connectivity index (χ3v) is 3.26. The molecule has 2 rings (SSSR count). The quantitative estimate of drug-likeness (QED) is 0.843. The first kappa shape index (κ1) is 12.7. The fourth-order valence-corrected chi connectivity index (χ4v) is 2.12. The topological polar surface area (TPSA) is 81.8 Å². The maximum Gasteiger partial charge on any atom is 0.312 e. The monoisotopic (exact) mass is 251 g/mol. The molecule has 0 spiro atoms. The van der Waals surface area contributed by atoms with Gasteiger partial charge in [-0.1, -0.05) is 6.07 Å². The molecule has 98 valence electrons. The average molecular weight is 251 g/mol. The van der Waals surface area contributed by atoms with Crippen LogP contribution in [0.2, 0.25) is 0 Å². The summed E-state index contributed by atoms with van der Waals surface area (Å²) in [6.45, 7) is 4.81. The Morgan fingerprint density at radius 3 is 2.56 bits per heavy atom. The van der Waals surface area contributed by atoms with Crippen LogP contribution in [0.1, 0.15) is 22.6 Å². The second-order valence-electron chi connectivity index (χ2n) is 4.39. The van der Waals surface area contributed by atoms with Gasteiger partial charge in [0.2, 0.25) is 0 Å². The summed E-state index contributed by atoms with van der Waals surface area (Å²) < 4.78 is 11.2. The molecule has 0 radical (unpaired) electrons. The summed E-state index contributed by atoms with van der Waals surface area (Å²) in [5, 5.41) is 9.21. The maximum absolute atomic E-state index is 11.2. The van der Waals surface area contributed by atoms with Crippen LogP contribution in [0.4, 0.5) is 0 Å². The minimum absolute atomic E-state index is 0.0354. The summed E-state index contributed by atoms with van der Waals surface area (Å²) in [7, 11) is 0. The van der Waals surface area contributed by atoms with Crippen molar-refractivity contribution in [3.8, 4) is 11.5 Å². The highest BCUT2D eigenvalue weighted by Gasteiger charge is 2.28. The van der Waals surface area contributed by atoms with E-state index in [0.717, 1.165) is 11.1 Å². The summed E-state index contributed by atoms with van der Waals surface area (Å²) in [5.74, 6) is -0.532. The number of hydrogen-bond donors (Lipinski definition) is 2. The van der Waals surface area contributed by atoms with Crippen LogP contribution in [0.3, 0.4) is 0 Å². The molecule has 0 fully saturated rings. The van der Waals surface area contributed by atoms with Crippen molar-refractivity contribution in [1.82, 2.24) is 0 Å². The van der Waals surface area contributed by atoms with Crippen molar-refractivity contribution in [1.29, 1.82) is 0 Å². The number of carboxylic acid groups (broad SMARTS) is 1. The van der Waals surface area contributed by atoms with Crippen LogP contribution in [-0.4, -0.2) is 30.8 Å². The number of aryl methyl sites for hydroxylation is 1. The van der Waals surface area contributed by atoms with Gasteiger partial charge in [-0.2, -0.15) is 0 Å². The summed E-state index contributed by atoms with van der Waals surface area (Å²) in [5.41, 5.74) is 8.11. The smallest absolute Gasteiger partial charge is 0.312 e.